The molecule has 110 valence electrons. The fraction of sp³-hybridized carbons (Fsp3) is 0.500. The molecule has 0 saturated carbocycles. The van der Waals surface area contributed by atoms with Crippen LogP contribution in [-0.4, -0.2) is 31.6 Å². The van der Waals surface area contributed by atoms with Crippen LogP contribution >= 0.6 is 0 Å². The minimum atomic E-state index is -0.453. The van der Waals surface area contributed by atoms with Crippen LogP contribution in [0.1, 0.15) is 20.3 Å². The zero-order valence-electron chi connectivity index (χ0n) is 11.8. The number of nitrogens with two attached hydrogens (primary N) is 1. The highest BCUT2D eigenvalue weighted by Crippen LogP contribution is 2.33. The van der Waals surface area contributed by atoms with Gasteiger partial charge in [-0.2, -0.15) is 0 Å². The Hall–Kier alpha value is -1.98. The predicted molar refractivity (Wildman–Crippen MR) is 76.4 cm³/mol. The molecule has 1 aromatic carbocycles. The molecule has 0 aromatic heterocycles. The molecule has 0 bridgehead atoms. The molecule has 1 aliphatic heterocycles. The first-order valence-electron chi connectivity index (χ1n) is 6.75. The van der Waals surface area contributed by atoms with Crippen molar-refractivity contribution < 1.29 is 13.9 Å². The molecule has 0 aliphatic carbocycles. The second-order valence-corrected chi connectivity index (χ2v) is 4.91. The van der Waals surface area contributed by atoms with Gasteiger partial charge in [0.15, 0.2) is 11.6 Å². The van der Waals surface area contributed by atoms with Crippen LogP contribution in [0.4, 0.5) is 15.8 Å². The van der Waals surface area contributed by atoms with Gasteiger partial charge in [0.05, 0.1) is 18.0 Å². The minimum absolute atomic E-state index is 0.0427. The monoisotopic (exact) mass is 281 g/mol. The fourth-order valence-corrected chi connectivity index (χ4v) is 2.48. The molecule has 1 aromatic rings. The van der Waals surface area contributed by atoms with Gasteiger partial charge in [0, 0.05) is 38.2 Å². The van der Waals surface area contributed by atoms with Crippen LogP contribution in [0.2, 0.25) is 0 Å². The number of nitrogen functional groups attached to an aromatic ring is 1. The van der Waals surface area contributed by atoms with Crippen molar-refractivity contribution in [3.8, 4) is 5.75 Å². The number of carbonyl (C=O) groups is 1. The fourth-order valence-electron chi connectivity index (χ4n) is 2.48. The van der Waals surface area contributed by atoms with E-state index in [9.17, 15) is 9.18 Å². The van der Waals surface area contributed by atoms with Gasteiger partial charge in [-0.25, -0.2) is 4.39 Å². The number of hydrogen-bond donors (Lipinski definition) is 2. The van der Waals surface area contributed by atoms with Crippen LogP contribution in [0.25, 0.3) is 0 Å². The van der Waals surface area contributed by atoms with Crippen LogP contribution in [0.3, 0.4) is 0 Å². The molecule has 1 unspecified atom stereocenters. The molecule has 20 heavy (non-hydrogen) atoms. The van der Waals surface area contributed by atoms with Crippen molar-refractivity contribution in [1.82, 2.24) is 5.32 Å². The molecule has 6 heteroatoms. The minimum Gasteiger partial charge on any atom is -0.491 e. The molecule has 1 fully saturated rings. The van der Waals surface area contributed by atoms with E-state index in [2.05, 4.69) is 5.32 Å². The van der Waals surface area contributed by atoms with Crippen molar-refractivity contribution in [3.05, 3.63) is 17.9 Å². The average molecular weight is 281 g/mol. The van der Waals surface area contributed by atoms with Gasteiger partial charge in [-0.3, -0.25) is 4.79 Å². The van der Waals surface area contributed by atoms with Crippen molar-refractivity contribution in [1.29, 1.82) is 0 Å². The maximum absolute atomic E-state index is 13.7. The van der Waals surface area contributed by atoms with Gasteiger partial charge >= 0.3 is 0 Å². The van der Waals surface area contributed by atoms with Crippen LogP contribution in [0.15, 0.2) is 12.1 Å². The average Bonchev–Trinajstić information content (AvgIpc) is 2.80. The number of carbonyl (C=O) groups excluding carboxylic acids is 1. The second-order valence-electron chi connectivity index (χ2n) is 4.91. The molecule has 1 saturated heterocycles. The number of anilines is 2. The number of rotatable bonds is 4. The summed E-state index contributed by atoms with van der Waals surface area (Å²) >= 11 is 0. The summed E-state index contributed by atoms with van der Waals surface area (Å²) in [7, 11) is 0. The van der Waals surface area contributed by atoms with Gasteiger partial charge in [0.25, 0.3) is 0 Å². The number of benzene rings is 1. The summed E-state index contributed by atoms with van der Waals surface area (Å²) in [5, 5.41) is 2.89. The molecule has 0 radical (unpaired) electrons. The molecule has 1 atom stereocenters. The summed E-state index contributed by atoms with van der Waals surface area (Å²) in [5.74, 6) is -0.288. The molecular weight excluding hydrogens is 261 g/mol. The van der Waals surface area contributed by atoms with E-state index < -0.39 is 5.82 Å². The van der Waals surface area contributed by atoms with Gasteiger partial charge in [-0.05, 0) is 13.3 Å². The van der Waals surface area contributed by atoms with Crippen molar-refractivity contribution in [2.45, 2.75) is 26.3 Å². The molecule has 1 amide bonds. The lowest BCUT2D eigenvalue weighted by Gasteiger charge is -2.22. The highest BCUT2D eigenvalue weighted by atomic mass is 19.1. The maximum atomic E-state index is 13.7. The molecule has 1 aliphatic rings. The van der Waals surface area contributed by atoms with Crippen molar-refractivity contribution >= 4 is 17.3 Å². The lowest BCUT2D eigenvalue weighted by molar-refractivity contribution is -0.119. The van der Waals surface area contributed by atoms with Crippen LogP contribution in [0.5, 0.6) is 5.75 Å². The lowest BCUT2D eigenvalue weighted by Crippen LogP contribution is -2.35. The summed E-state index contributed by atoms with van der Waals surface area (Å²) in [5.41, 5.74) is 7.02. The molecule has 2 rings (SSSR count). The second kappa shape index (κ2) is 5.98. The van der Waals surface area contributed by atoms with E-state index in [1.807, 2.05) is 4.90 Å². The highest BCUT2D eigenvalue weighted by Gasteiger charge is 2.25. The van der Waals surface area contributed by atoms with E-state index >= 15 is 0 Å². The summed E-state index contributed by atoms with van der Waals surface area (Å²) in [4.78, 5) is 13.1. The molecular formula is C14H20FN3O2. The maximum Gasteiger partial charge on any atom is 0.217 e. The van der Waals surface area contributed by atoms with E-state index in [1.54, 1.807) is 13.0 Å². The third-order valence-electron chi connectivity index (χ3n) is 3.32. The Morgan fingerprint density at radius 3 is 3.00 bits per heavy atom. The van der Waals surface area contributed by atoms with Crippen molar-refractivity contribution in [2.75, 3.05) is 30.3 Å². The van der Waals surface area contributed by atoms with E-state index in [1.165, 1.54) is 13.0 Å². The van der Waals surface area contributed by atoms with Gasteiger partial charge in [-0.1, -0.05) is 0 Å². The molecule has 0 spiro atoms. The molecule has 1 heterocycles. The summed E-state index contributed by atoms with van der Waals surface area (Å²) < 4.78 is 18.9. The van der Waals surface area contributed by atoms with Gasteiger partial charge in [-0.15, -0.1) is 0 Å². The first-order chi connectivity index (χ1) is 9.51. The SMILES string of the molecule is CCOc1cc(N2CCC(NC(C)=O)C2)c(N)cc1F. The van der Waals surface area contributed by atoms with Gasteiger partial charge < -0.3 is 20.7 Å². The van der Waals surface area contributed by atoms with Crippen molar-refractivity contribution in [2.24, 2.45) is 0 Å². The van der Waals surface area contributed by atoms with E-state index in [0.29, 0.717) is 18.8 Å². The number of ether oxygens (including phenoxy) is 1. The summed E-state index contributed by atoms with van der Waals surface area (Å²) in [6.07, 6.45) is 0.848. The molecule has 5 nitrogen and oxygen atoms in total. The Morgan fingerprint density at radius 2 is 2.35 bits per heavy atom. The Bertz CT molecular complexity index is 507. The Labute approximate surface area is 117 Å². The van der Waals surface area contributed by atoms with Gasteiger partial charge in [0.2, 0.25) is 5.91 Å². The smallest absolute Gasteiger partial charge is 0.217 e. The van der Waals surface area contributed by atoms with E-state index in [-0.39, 0.29) is 17.7 Å². The summed E-state index contributed by atoms with van der Waals surface area (Å²) in [6, 6.07) is 3.02. The topological polar surface area (TPSA) is 67.6 Å². The van der Waals surface area contributed by atoms with E-state index in [0.717, 1.165) is 18.7 Å². The number of nitrogens with one attached hydrogen (secondary N) is 1. The Morgan fingerprint density at radius 1 is 1.60 bits per heavy atom. The highest BCUT2D eigenvalue weighted by molar-refractivity contribution is 5.74. The quantitative estimate of drug-likeness (QED) is 0.821. The predicted octanol–water partition coefficient (Wildman–Crippen LogP) is 1.52. The third-order valence-corrected chi connectivity index (χ3v) is 3.32. The van der Waals surface area contributed by atoms with Gasteiger partial charge in [0.1, 0.15) is 0 Å². The first kappa shape index (κ1) is 14.4. The van der Waals surface area contributed by atoms with Crippen LogP contribution in [-0.2, 0) is 4.79 Å². The number of nitrogens with zero attached hydrogens (tertiary/aromatic N) is 1. The lowest BCUT2D eigenvalue weighted by atomic mass is 10.2. The molecule has 3 N–H and O–H groups in total. The third kappa shape index (κ3) is 3.12. The number of hydrogen-bond acceptors (Lipinski definition) is 4. The van der Waals surface area contributed by atoms with Crippen LogP contribution < -0.4 is 20.7 Å². The number of halogens is 1. The largest absolute Gasteiger partial charge is 0.491 e. The van der Waals surface area contributed by atoms with Crippen LogP contribution in [0, 0.1) is 5.82 Å². The Balaban J connectivity index is 2.16. The normalized spacial score (nSPS) is 18.1. The van der Waals surface area contributed by atoms with E-state index in [4.69, 9.17) is 10.5 Å². The standard InChI is InChI=1S/C14H20FN3O2/c1-3-20-14-7-13(12(16)6-11(14)15)18-5-4-10(8-18)17-9(2)19/h6-7,10H,3-5,8,16H2,1-2H3,(H,17,19). The zero-order chi connectivity index (χ0) is 14.7. The number of amides is 1. The zero-order valence-corrected chi connectivity index (χ0v) is 11.8. The summed E-state index contributed by atoms with van der Waals surface area (Å²) in [6.45, 7) is 5.14. The van der Waals surface area contributed by atoms with Crippen molar-refractivity contribution in [3.63, 3.8) is 0 Å². The Kier molecular flexibility index (Phi) is 4.32. The first-order valence-corrected chi connectivity index (χ1v) is 6.75.